The van der Waals surface area contributed by atoms with E-state index in [0.717, 1.165) is 23.6 Å². The predicted octanol–water partition coefficient (Wildman–Crippen LogP) is 1.47. The van der Waals surface area contributed by atoms with Crippen LogP contribution in [0.4, 0.5) is 0 Å². The average Bonchev–Trinajstić information content (AvgIpc) is 2.62. The fourth-order valence-corrected chi connectivity index (χ4v) is 3.65. The molecular formula is C17H26N2O4S. The molecule has 1 aliphatic rings. The van der Waals surface area contributed by atoms with Gasteiger partial charge in [0.15, 0.2) is 0 Å². The molecule has 0 saturated carbocycles. The molecule has 1 heterocycles. The number of hydrogen-bond donors (Lipinski definition) is 2. The molecule has 134 valence electrons. The number of carbonyl (C=O) groups is 1. The normalized spacial score (nSPS) is 17.2. The van der Waals surface area contributed by atoms with Crippen molar-refractivity contribution in [3.63, 3.8) is 0 Å². The highest BCUT2D eigenvalue weighted by Gasteiger charge is 2.17. The first-order valence-corrected chi connectivity index (χ1v) is 9.20. The second-order valence-electron chi connectivity index (χ2n) is 5.54. The third-order valence-corrected chi connectivity index (χ3v) is 5.08. The van der Waals surface area contributed by atoms with E-state index >= 15 is 0 Å². The Morgan fingerprint density at radius 2 is 1.96 bits per heavy atom. The molecule has 6 nitrogen and oxygen atoms in total. The summed E-state index contributed by atoms with van der Waals surface area (Å²) in [6.45, 7) is 1.51. The van der Waals surface area contributed by atoms with Gasteiger partial charge in [0.05, 0.1) is 21.3 Å². The Morgan fingerprint density at radius 1 is 1.25 bits per heavy atom. The van der Waals surface area contributed by atoms with Crippen LogP contribution in [0.2, 0.25) is 0 Å². The molecule has 1 atom stereocenters. The first kappa shape index (κ1) is 18.7. The van der Waals surface area contributed by atoms with Crippen molar-refractivity contribution in [1.29, 1.82) is 0 Å². The van der Waals surface area contributed by atoms with Crippen molar-refractivity contribution < 1.29 is 19.0 Å². The van der Waals surface area contributed by atoms with E-state index in [9.17, 15) is 4.79 Å². The quantitative estimate of drug-likeness (QED) is 0.737. The van der Waals surface area contributed by atoms with Gasteiger partial charge in [0.1, 0.15) is 17.2 Å². The summed E-state index contributed by atoms with van der Waals surface area (Å²) in [4.78, 5) is 12.1. The van der Waals surface area contributed by atoms with Crippen LogP contribution >= 0.6 is 11.8 Å². The van der Waals surface area contributed by atoms with Crippen LogP contribution in [0, 0.1) is 0 Å². The number of benzene rings is 1. The molecule has 2 N–H and O–H groups in total. The van der Waals surface area contributed by atoms with E-state index in [-0.39, 0.29) is 11.9 Å². The molecule has 1 unspecified atom stereocenters. The van der Waals surface area contributed by atoms with E-state index in [0.29, 0.717) is 36.6 Å². The average molecular weight is 354 g/mol. The Labute approximate surface area is 147 Å². The van der Waals surface area contributed by atoms with Gasteiger partial charge in [-0.25, -0.2) is 0 Å². The largest absolute Gasteiger partial charge is 0.496 e. The van der Waals surface area contributed by atoms with E-state index in [1.54, 1.807) is 21.3 Å². The Bertz CT molecular complexity index is 522. The SMILES string of the molecule is COc1cc(OC)c(CCNC(=O)CC2CSCCN2)c(OC)c1. The molecule has 0 spiro atoms. The van der Waals surface area contributed by atoms with E-state index in [2.05, 4.69) is 10.6 Å². The first-order chi connectivity index (χ1) is 11.7. The van der Waals surface area contributed by atoms with Gasteiger partial charge < -0.3 is 24.8 Å². The minimum Gasteiger partial charge on any atom is -0.496 e. The molecule has 24 heavy (non-hydrogen) atoms. The molecule has 1 fully saturated rings. The van der Waals surface area contributed by atoms with Crippen molar-refractivity contribution in [2.45, 2.75) is 18.9 Å². The smallest absolute Gasteiger partial charge is 0.221 e. The molecular weight excluding hydrogens is 328 g/mol. The number of nitrogens with one attached hydrogen (secondary N) is 2. The maximum Gasteiger partial charge on any atom is 0.221 e. The van der Waals surface area contributed by atoms with Crippen molar-refractivity contribution in [2.75, 3.05) is 45.9 Å². The maximum atomic E-state index is 12.1. The third kappa shape index (κ3) is 5.21. The van der Waals surface area contributed by atoms with Crippen LogP contribution < -0.4 is 24.8 Å². The van der Waals surface area contributed by atoms with Crippen molar-refractivity contribution in [3.05, 3.63) is 17.7 Å². The Hall–Kier alpha value is -1.60. The molecule has 1 amide bonds. The molecule has 1 aromatic carbocycles. The van der Waals surface area contributed by atoms with Crippen LogP contribution in [0.25, 0.3) is 0 Å². The fourth-order valence-electron chi connectivity index (χ4n) is 2.70. The summed E-state index contributed by atoms with van der Waals surface area (Å²) >= 11 is 1.89. The zero-order valence-electron chi connectivity index (χ0n) is 14.5. The molecule has 7 heteroatoms. The van der Waals surface area contributed by atoms with Crippen LogP contribution in [-0.4, -0.2) is 57.9 Å². The van der Waals surface area contributed by atoms with E-state index in [1.165, 1.54) is 0 Å². The van der Waals surface area contributed by atoms with Gasteiger partial charge in [-0.05, 0) is 6.42 Å². The van der Waals surface area contributed by atoms with Gasteiger partial charge in [0.2, 0.25) is 5.91 Å². The van der Waals surface area contributed by atoms with E-state index in [4.69, 9.17) is 14.2 Å². The Kier molecular flexibility index (Phi) is 7.52. The van der Waals surface area contributed by atoms with Crippen molar-refractivity contribution in [1.82, 2.24) is 10.6 Å². The van der Waals surface area contributed by atoms with E-state index in [1.807, 2.05) is 23.9 Å². The number of ether oxygens (including phenoxy) is 3. The molecule has 0 aromatic heterocycles. The highest BCUT2D eigenvalue weighted by atomic mass is 32.2. The lowest BCUT2D eigenvalue weighted by molar-refractivity contribution is -0.121. The topological polar surface area (TPSA) is 68.8 Å². The minimum absolute atomic E-state index is 0.0708. The minimum atomic E-state index is 0.0708. The Balaban J connectivity index is 1.89. The van der Waals surface area contributed by atoms with Crippen LogP contribution in [-0.2, 0) is 11.2 Å². The van der Waals surface area contributed by atoms with Crippen LogP contribution in [0.1, 0.15) is 12.0 Å². The molecule has 1 aromatic rings. The Morgan fingerprint density at radius 3 is 2.50 bits per heavy atom. The van der Waals surface area contributed by atoms with Crippen LogP contribution in [0.5, 0.6) is 17.2 Å². The zero-order chi connectivity index (χ0) is 17.4. The van der Waals surface area contributed by atoms with Gasteiger partial charge in [-0.2, -0.15) is 11.8 Å². The summed E-state index contributed by atoms with van der Waals surface area (Å²) in [5.41, 5.74) is 0.924. The highest BCUT2D eigenvalue weighted by Crippen LogP contribution is 2.34. The molecule has 0 radical (unpaired) electrons. The fraction of sp³-hybridized carbons (Fsp3) is 0.588. The van der Waals surface area contributed by atoms with Crippen molar-refractivity contribution in [3.8, 4) is 17.2 Å². The predicted molar refractivity (Wildman–Crippen MR) is 96.5 cm³/mol. The van der Waals surface area contributed by atoms with Crippen molar-refractivity contribution >= 4 is 17.7 Å². The summed E-state index contributed by atoms with van der Waals surface area (Å²) in [7, 11) is 4.83. The molecule has 1 aliphatic heterocycles. The first-order valence-electron chi connectivity index (χ1n) is 8.04. The zero-order valence-corrected chi connectivity index (χ0v) is 15.3. The maximum absolute atomic E-state index is 12.1. The molecule has 0 aliphatic carbocycles. The number of amides is 1. The molecule has 0 bridgehead atoms. The second kappa shape index (κ2) is 9.64. The van der Waals surface area contributed by atoms with Gasteiger partial charge in [0, 0.05) is 54.8 Å². The van der Waals surface area contributed by atoms with Gasteiger partial charge >= 0.3 is 0 Å². The lowest BCUT2D eigenvalue weighted by Crippen LogP contribution is -2.41. The number of thioether (sulfide) groups is 1. The number of rotatable bonds is 8. The van der Waals surface area contributed by atoms with Crippen LogP contribution in [0.15, 0.2) is 12.1 Å². The summed E-state index contributed by atoms with van der Waals surface area (Å²) < 4.78 is 16.1. The molecule has 2 rings (SSSR count). The monoisotopic (exact) mass is 354 g/mol. The highest BCUT2D eigenvalue weighted by molar-refractivity contribution is 7.99. The molecule has 1 saturated heterocycles. The van der Waals surface area contributed by atoms with Gasteiger partial charge in [-0.1, -0.05) is 0 Å². The lowest BCUT2D eigenvalue weighted by atomic mass is 10.1. The van der Waals surface area contributed by atoms with Crippen LogP contribution in [0.3, 0.4) is 0 Å². The number of carbonyl (C=O) groups excluding carboxylic acids is 1. The summed E-state index contributed by atoms with van der Waals surface area (Å²) in [5, 5.41) is 6.35. The second-order valence-corrected chi connectivity index (χ2v) is 6.69. The number of hydrogen-bond acceptors (Lipinski definition) is 6. The van der Waals surface area contributed by atoms with Gasteiger partial charge in [-0.3, -0.25) is 4.79 Å². The van der Waals surface area contributed by atoms with E-state index < -0.39 is 0 Å². The standard InChI is InChI=1S/C17H26N2O4S/c1-21-13-9-15(22-2)14(16(10-13)23-3)4-5-19-17(20)8-12-11-24-7-6-18-12/h9-10,12,18H,4-8,11H2,1-3H3,(H,19,20). The van der Waals surface area contributed by atoms with Gasteiger partial charge in [-0.15, -0.1) is 0 Å². The van der Waals surface area contributed by atoms with Crippen molar-refractivity contribution in [2.24, 2.45) is 0 Å². The number of methoxy groups -OCH3 is 3. The summed E-state index contributed by atoms with van der Waals surface area (Å²) in [5.74, 6) is 4.26. The van der Waals surface area contributed by atoms with Gasteiger partial charge in [0.25, 0.3) is 0 Å². The summed E-state index contributed by atoms with van der Waals surface area (Å²) in [6.07, 6.45) is 1.15. The third-order valence-electron chi connectivity index (χ3n) is 3.94. The lowest BCUT2D eigenvalue weighted by Gasteiger charge is -2.22. The summed E-state index contributed by atoms with van der Waals surface area (Å²) in [6, 6.07) is 3.92.